The quantitative estimate of drug-likeness (QED) is 0.241. The summed E-state index contributed by atoms with van der Waals surface area (Å²) in [5, 5.41) is 9.39. The number of rotatable bonds is 2. The maximum absolute atomic E-state index is 6.15. The fourth-order valence-electron chi connectivity index (χ4n) is 5.35. The minimum Gasteiger partial charge on any atom is -0.454 e. The van der Waals surface area contributed by atoms with Crippen LogP contribution >= 0.6 is 0 Å². The van der Waals surface area contributed by atoms with E-state index in [2.05, 4.69) is 70.6 Å². The van der Waals surface area contributed by atoms with Crippen molar-refractivity contribution in [2.24, 2.45) is 0 Å². The van der Waals surface area contributed by atoms with Crippen molar-refractivity contribution in [3.63, 3.8) is 0 Å². The molecular formula is C32H18N2O2. The van der Waals surface area contributed by atoms with Gasteiger partial charge in [-0.2, -0.15) is 0 Å². The normalized spacial score (nSPS) is 11.9. The van der Waals surface area contributed by atoms with E-state index < -0.39 is 0 Å². The SMILES string of the molecule is c1ccc(-c2cc3c(ccc4c3ccc3c5ccc6oc(-c7ccccn7)cc6c5ccc43)o2)nc1. The third-order valence-corrected chi connectivity index (χ3v) is 7.02. The third-order valence-electron chi connectivity index (χ3n) is 7.02. The molecule has 8 rings (SSSR count). The Morgan fingerprint density at radius 1 is 0.389 bits per heavy atom. The summed E-state index contributed by atoms with van der Waals surface area (Å²) >= 11 is 0. The predicted molar refractivity (Wildman–Crippen MR) is 145 cm³/mol. The Bertz CT molecular complexity index is 1940. The van der Waals surface area contributed by atoms with Crippen LogP contribution in [0.4, 0.5) is 0 Å². The summed E-state index contributed by atoms with van der Waals surface area (Å²) in [5.74, 6) is 1.56. The van der Waals surface area contributed by atoms with Gasteiger partial charge in [0.15, 0.2) is 11.5 Å². The lowest BCUT2D eigenvalue weighted by atomic mass is 9.94. The van der Waals surface area contributed by atoms with Crippen LogP contribution in [0.15, 0.2) is 118 Å². The van der Waals surface area contributed by atoms with Gasteiger partial charge >= 0.3 is 0 Å². The summed E-state index contributed by atoms with van der Waals surface area (Å²) in [4.78, 5) is 8.90. The van der Waals surface area contributed by atoms with Gasteiger partial charge in [0.05, 0.1) is 0 Å². The molecule has 0 atom stereocenters. The molecule has 0 radical (unpaired) electrons. The summed E-state index contributed by atoms with van der Waals surface area (Å²) in [6.45, 7) is 0. The van der Waals surface area contributed by atoms with Crippen LogP contribution in [-0.4, -0.2) is 9.97 Å². The fourth-order valence-corrected chi connectivity index (χ4v) is 5.35. The summed E-state index contributed by atoms with van der Waals surface area (Å²) in [6.07, 6.45) is 3.57. The summed E-state index contributed by atoms with van der Waals surface area (Å²) in [7, 11) is 0. The van der Waals surface area contributed by atoms with Crippen LogP contribution in [0.25, 0.3) is 77.2 Å². The Kier molecular flexibility index (Phi) is 3.91. The van der Waals surface area contributed by atoms with Gasteiger partial charge in [0, 0.05) is 23.2 Å². The van der Waals surface area contributed by atoms with Crippen molar-refractivity contribution in [1.29, 1.82) is 0 Å². The van der Waals surface area contributed by atoms with E-state index in [1.165, 1.54) is 32.3 Å². The van der Waals surface area contributed by atoms with E-state index in [4.69, 9.17) is 8.83 Å². The average molecular weight is 463 g/mol. The molecule has 0 aliphatic heterocycles. The van der Waals surface area contributed by atoms with E-state index >= 15 is 0 Å². The highest BCUT2D eigenvalue weighted by Crippen LogP contribution is 2.39. The van der Waals surface area contributed by atoms with Gasteiger partial charge in [-0.25, -0.2) is 0 Å². The molecule has 0 N–H and O–H groups in total. The largest absolute Gasteiger partial charge is 0.454 e. The molecule has 4 aromatic carbocycles. The van der Waals surface area contributed by atoms with Crippen LogP contribution in [0, 0.1) is 0 Å². The summed E-state index contributed by atoms with van der Waals surface area (Å²) < 4.78 is 12.3. The predicted octanol–water partition coefficient (Wildman–Crippen LogP) is 8.76. The standard InChI is InChI=1S/C32H18N2O2/c1-3-15-33-27(5-1)31-17-25-23-9-7-20-19(21(23)11-13-29(25)35-31)8-10-24-22(20)12-14-30-26(24)18-32(36-30)28-6-2-4-16-34-28/h1-18H. The molecule has 0 spiro atoms. The second-order valence-electron chi connectivity index (χ2n) is 9.02. The molecule has 4 heterocycles. The first-order chi connectivity index (χ1) is 17.8. The molecule has 8 aromatic rings. The number of pyridine rings is 2. The van der Waals surface area contributed by atoms with Crippen molar-refractivity contribution in [2.45, 2.75) is 0 Å². The van der Waals surface area contributed by atoms with Gasteiger partial charge in [0.25, 0.3) is 0 Å². The van der Waals surface area contributed by atoms with E-state index in [1.54, 1.807) is 12.4 Å². The second kappa shape index (κ2) is 7.27. The van der Waals surface area contributed by atoms with Crippen molar-refractivity contribution in [3.05, 3.63) is 109 Å². The van der Waals surface area contributed by atoms with Crippen LogP contribution in [0.1, 0.15) is 0 Å². The Hall–Kier alpha value is -4.96. The number of fused-ring (bicyclic) bond motifs is 9. The number of aromatic nitrogens is 2. The third kappa shape index (κ3) is 2.75. The molecule has 36 heavy (non-hydrogen) atoms. The van der Waals surface area contributed by atoms with Crippen LogP contribution < -0.4 is 0 Å². The number of hydrogen-bond donors (Lipinski definition) is 0. The zero-order chi connectivity index (χ0) is 23.6. The van der Waals surface area contributed by atoms with Gasteiger partial charge < -0.3 is 8.83 Å². The van der Waals surface area contributed by atoms with Crippen molar-refractivity contribution in [2.75, 3.05) is 0 Å². The van der Waals surface area contributed by atoms with Gasteiger partial charge in [-0.05, 0) is 80.8 Å². The van der Waals surface area contributed by atoms with Crippen molar-refractivity contribution >= 4 is 54.3 Å². The molecule has 0 aliphatic carbocycles. The van der Waals surface area contributed by atoms with E-state index in [0.717, 1.165) is 44.8 Å². The van der Waals surface area contributed by atoms with Gasteiger partial charge in [-0.3, -0.25) is 9.97 Å². The lowest BCUT2D eigenvalue weighted by molar-refractivity contribution is 0.628. The van der Waals surface area contributed by atoms with Crippen molar-refractivity contribution in [3.8, 4) is 22.9 Å². The van der Waals surface area contributed by atoms with E-state index in [-0.39, 0.29) is 0 Å². The highest BCUT2D eigenvalue weighted by Gasteiger charge is 2.15. The molecule has 4 heteroatoms. The first kappa shape index (κ1) is 19.4. The Balaban J connectivity index is 1.36. The van der Waals surface area contributed by atoms with Gasteiger partial charge in [-0.1, -0.05) is 48.5 Å². The molecule has 0 saturated heterocycles. The molecule has 168 valence electrons. The van der Waals surface area contributed by atoms with Crippen molar-refractivity contribution < 1.29 is 8.83 Å². The van der Waals surface area contributed by atoms with E-state index in [1.807, 2.05) is 36.4 Å². The second-order valence-corrected chi connectivity index (χ2v) is 9.02. The maximum atomic E-state index is 6.15. The van der Waals surface area contributed by atoms with E-state index in [0.29, 0.717) is 0 Å². The molecular weight excluding hydrogens is 444 g/mol. The Labute approximate surface area is 205 Å². The minimum absolute atomic E-state index is 0.780. The average Bonchev–Trinajstić information content (AvgIpc) is 3.58. The molecule has 0 aliphatic rings. The fraction of sp³-hybridized carbons (Fsp3) is 0. The van der Waals surface area contributed by atoms with E-state index in [9.17, 15) is 0 Å². The van der Waals surface area contributed by atoms with Crippen molar-refractivity contribution in [1.82, 2.24) is 9.97 Å². The van der Waals surface area contributed by atoms with Gasteiger partial charge in [0.2, 0.25) is 0 Å². The molecule has 4 aromatic heterocycles. The minimum atomic E-state index is 0.780. The molecule has 0 saturated carbocycles. The molecule has 0 fully saturated rings. The lowest BCUT2D eigenvalue weighted by Crippen LogP contribution is -1.82. The first-order valence-electron chi connectivity index (χ1n) is 11.9. The summed E-state index contributed by atoms with van der Waals surface area (Å²) in [5.41, 5.74) is 3.40. The smallest absolute Gasteiger partial charge is 0.153 e. The highest BCUT2D eigenvalue weighted by molar-refractivity contribution is 6.24. The Morgan fingerprint density at radius 3 is 1.17 bits per heavy atom. The van der Waals surface area contributed by atoms with Crippen LogP contribution in [0.3, 0.4) is 0 Å². The van der Waals surface area contributed by atoms with Gasteiger partial charge in [0.1, 0.15) is 22.6 Å². The number of benzene rings is 4. The maximum Gasteiger partial charge on any atom is 0.153 e. The highest BCUT2D eigenvalue weighted by atomic mass is 16.3. The summed E-state index contributed by atoms with van der Waals surface area (Å²) in [6, 6.07) is 33.2. The molecule has 0 amide bonds. The topological polar surface area (TPSA) is 52.1 Å². The number of hydrogen-bond acceptors (Lipinski definition) is 4. The number of nitrogens with zero attached hydrogens (tertiary/aromatic N) is 2. The molecule has 0 bridgehead atoms. The first-order valence-corrected chi connectivity index (χ1v) is 11.9. The van der Waals surface area contributed by atoms with Crippen LogP contribution in [0.2, 0.25) is 0 Å². The number of furan rings is 2. The monoisotopic (exact) mass is 462 g/mol. The lowest BCUT2D eigenvalue weighted by Gasteiger charge is -2.08. The van der Waals surface area contributed by atoms with Gasteiger partial charge in [-0.15, -0.1) is 0 Å². The Morgan fingerprint density at radius 2 is 0.778 bits per heavy atom. The molecule has 4 nitrogen and oxygen atoms in total. The molecule has 0 unspecified atom stereocenters. The zero-order valence-corrected chi connectivity index (χ0v) is 19.1. The zero-order valence-electron chi connectivity index (χ0n) is 19.1. The van der Waals surface area contributed by atoms with Crippen LogP contribution in [0.5, 0.6) is 0 Å². The van der Waals surface area contributed by atoms with Crippen LogP contribution in [-0.2, 0) is 0 Å².